The van der Waals surface area contributed by atoms with Crippen LogP contribution in [-0.4, -0.2) is 12.3 Å². The molecular formula is C9H7F4NO. The van der Waals surface area contributed by atoms with Crippen LogP contribution in [0.15, 0.2) is 6.07 Å². The number of carbonyl (C=O) groups excluding carboxylic acids is 1. The van der Waals surface area contributed by atoms with Gasteiger partial charge in [0.15, 0.2) is 29.1 Å². The van der Waals surface area contributed by atoms with Crippen molar-refractivity contribution in [2.45, 2.75) is 6.42 Å². The first-order valence-electron chi connectivity index (χ1n) is 4.05. The Kier molecular flexibility index (Phi) is 3.41. The number of halogens is 4. The highest BCUT2D eigenvalue weighted by Gasteiger charge is 2.23. The van der Waals surface area contributed by atoms with Crippen molar-refractivity contribution in [2.24, 2.45) is 5.73 Å². The number of ketones is 1. The lowest BCUT2D eigenvalue weighted by atomic mass is 10.1. The van der Waals surface area contributed by atoms with Gasteiger partial charge in [0.2, 0.25) is 0 Å². The van der Waals surface area contributed by atoms with Crippen molar-refractivity contribution in [2.75, 3.05) is 6.54 Å². The largest absolute Gasteiger partial charge is 0.330 e. The molecule has 0 aliphatic carbocycles. The maximum Gasteiger partial charge on any atom is 0.172 e. The van der Waals surface area contributed by atoms with Crippen molar-refractivity contribution < 1.29 is 22.4 Å². The van der Waals surface area contributed by atoms with Crippen molar-refractivity contribution in [1.29, 1.82) is 0 Å². The lowest BCUT2D eigenvalue weighted by molar-refractivity contribution is 0.0975. The first-order chi connectivity index (χ1) is 6.99. The van der Waals surface area contributed by atoms with Crippen LogP contribution < -0.4 is 5.73 Å². The maximum absolute atomic E-state index is 13.0. The van der Waals surface area contributed by atoms with E-state index >= 15 is 0 Å². The van der Waals surface area contributed by atoms with Gasteiger partial charge in [0.25, 0.3) is 0 Å². The van der Waals surface area contributed by atoms with E-state index in [4.69, 9.17) is 5.73 Å². The molecule has 0 unspecified atom stereocenters. The zero-order valence-corrected chi connectivity index (χ0v) is 7.49. The summed E-state index contributed by atoms with van der Waals surface area (Å²) in [6, 6.07) is 0.0455. The summed E-state index contributed by atoms with van der Waals surface area (Å²) in [6.45, 7) is -0.157. The molecule has 0 bridgehead atoms. The fraction of sp³-hybridized carbons (Fsp3) is 0.222. The van der Waals surface area contributed by atoms with Crippen molar-refractivity contribution in [3.8, 4) is 0 Å². The van der Waals surface area contributed by atoms with E-state index < -0.39 is 34.6 Å². The van der Waals surface area contributed by atoms with Gasteiger partial charge < -0.3 is 5.73 Å². The van der Waals surface area contributed by atoms with E-state index in [-0.39, 0.29) is 19.0 Å². The summed E-state index contributed by atoms with van der Waals surface area (Å²) in [4.78, 5) is 11.1. The number of Topliss-reactive ketones (excluding diaryl/α,β-unsaturated/α-hetero) is 1. The molecule has 2 nitrogen and oxygen atoms in total. The third-order valence-electron chi connectivity index (χ3n) is 1.76. The highest BCUT2D eigenvalue weighted by atomic mass is 19.2. The molecule has 0 fully saturated rings. The number of carbonyl (C=O) groups is 1. The molecule has 0 radical (unpaired) electrons. The highest BCUT2D eigenvalue weighted by molar-refractivity contribution is 5.96. The molecule has 0 heterocycles. The molecule has 82 valence electrons. The predicted octanol–water partition coefficient (Wildman–Crippen LogP) is 1.77. The van der Waals surface area contributed by atoms with Crippen LogP contribution in [0, 0.1) is 23.3 Å². The Morgan fingerprint density at radius 3 is 2.00 bits per heavy atom. The minimum absolute atomic E-state index is 0.0455. The van der Waals surface area contributed by atoms with E-state index in [1.54, 1.807) is 0 Å². The van der Waals surface area contributed by atoms with Crippen LogP contribution in [0.3, 0.4) is 0 Å². The molecule has 0 aliphatic heterocycles. The molecule has 0 saturated heterocycles. The Bertz CT molecular complexity index is 379. The van der Waals surface area contributed by atoms with Crippen LogP contribution in [0.5, 0.6) is 0 Å². The van der Waals surface area contributed by atoms with Crippen LogP contribution >= 0.6 is 0 Å². The zero-order valence-electron chi connectivity index (χ0n) is 7.49. The van der Waals surface area contributed by atoms with Gasteiger partial charge in [-0.3, -0.25) is 4.79 Å². The molecular weight excluding hydrogens is 214 g/mol. The van der Waals surface area contributed by atoms with Gasteiger partial charge in [0, 0.05) is 12.5 Å². The fourth-order valence-corrected chi connectivity index (χ4v) is 1.07. The van der Waals surface area contributed by atoms with E-state index in [1.807, 2.05) is 0 Å². The topological polar surface area (TPSA) is 43.1 Å². The first kappa shape index (κ1) is 11.6. The number of hydrogen-bond donors (Lipinski definition) is 1. The van der Waals surface area contributed by atoms with Crippen LogP contribution in [-0.2, 0) is 0 Å². The lowest BCUT2D eigenvalue weighted by Crippen LogP contribution is -2.14. The Morgan fingerprint density at radius 1 is 1.13 bits per heavy atom. The van der Waals surface area contributed by atoms with Gasteiger partial charge in [-0.05, 0) is 6.54 Å². The second-order valence-corrected chi connectivity index (χ2v) is 2.81. The summed E-state index contributed by atoms with van der Waals surface area (Å²) in [5, 5.41) is 0. The smallest absolute Gasteiger partial charge is 0.172 e. The van der Waals surface area contributed by atoms with Crippen LogP contribution in [0.2, 0.25) is 0 Å². The molecule has 2 N–H and O–H groups in total. The number of hydrogen-bond acceptors (Lipinski definition) is 2. The first-order valence-corrected chi connectivity index (χ1v) is 4.05. The molecule has 6 heteroatoms. The van der Waals surface area contributed by atoms with Gasteiger partial charge in [-0.15, -0.1) is 0 Å². The molecule has 1 rings (SSSR count). The number of rotatable bonds is 3. The van der Waals surface area contributed by atoms with Crippen LogP contribution in [0.4, 0.5) is 17.6 Å². The predicted molar refractivity (Wildman–Crippen MR) is 44.3 cm³/mol. The number of benzene rings is 1. The zero-order chi connectivity index (χ0) is 11.6. The van der Waals surface area contributed by atoms with E-state index in [0.717, 1.165) is 0 Å². The average Bonchev–Trinajstić information content (AvgIpc) is 2.16. The standard InChI is InChI=1S/C9H7F4NO/c10-4-3-5(11)9(13)7(8(4)12)6(15)1-2-14/h3H,1-2,14H2. The third-order valence-corrected chi connectivity index (χ3v) is 1.76. The van der Waals surface area contributed by atoms with Crippen molar-refractivity contribution in [3.05, 3.63) is 34.9 Å². The van der Waals surface area contributed by atoms with E-state index in [2.05, 4.69) is 0 Å². The SMILES string of the molecule is NCCC(=O)c1c(F)c(F)cc(F)c1F. The second-order valence-electron chi connectivity index (χ2n) is 2.81. The van der Waals surface area contributed by atoms with Crippen molar-refractivity contribution in [1.82, 2.24) is 0 Å². The molecule has 0 aliphatic rings. The summed E-state index contributed by atoms with van der Waals surface area (Å²) in [5.41, 5.74) is 3.78. The summed E-state index contributed by atoms with van der Waals surface area (Å²) < 4.78 is 51.3. The number of nitrogens with two attached hydrogens (primary N) is 1. The van der Waals surface area contributed by atoms with Gasteiger partial charge in [0.1, 0.15) is 0 Å². The Hall–Kier alpha value is -1.43. The Balaban J connectivity index is 3.32. The van der Waals surface area contributed by atoms with Gasteiger partial charge in [-0.25, -0.2) is 17.6 Å². The highest BCUT2D eigenvalue weighted by Crippen LogP contribution is 2.20. The molecule has 1 aromatic rings. The molecule has 0 aromatic heterocycles. The van der Waals surface area contributed by atoms with E-state index in [0.29, 0.717) is 0 Å². The summed E-state index contributed by atoms with van der Waals surface area (Å²) in [6.07, 6.45) is -0.378. The monoisotopic (exact) mass is 221 g/mol. The average molecular weight is 221 g/mol. The van der Waals surface area contributed by atoms with E-state index in [9.17, 15) is 22.4 Å². The van der Waals surface area contributed by atoms with Gasteiger partial charge in [-0.2, -0.15) is 0 Å². The molecule has 0 amide bonds. The van der Waals surface area contributed by atoms with Gasteiger partial charge in [-0.1, -0.05) is 0 Å². The molecule has 1 aromatic carbocycles. The van der Waals surface area contributed by atoms with Crippen molar-refractivity contribution >= 4 is 5.78 Å². The Labute approximate surface area is 82.7 Å². The normalized spacial score (nSPS) is 10.5. The molecule has 0 saturated carbocycles. The van der Waals surface area contributed by atoms with Crippen molar-refractivity contribution in [3.63, 3.8) is 0 Å². The third kappa shape index (κ3) is 2.15. The van der Waals surface area contributed by atoms with E-state index in [1.165, 1.54) is 0 Å². The molecule has 15 heavy (non-hydrogen) atoms. The summed E-state index contributed by atoms with van der Waals surface area (Å²) >= 11 is 0. The maximum atomic E-state index is 13.0. The fourth-order valence-electron chi connectivity index (χ4n) is 1.07. The lowest BCUT2D eigenvalue weighted by Gasteiger charge is -2.04. The molecule has 0 atom stereocenters. The molecule has 0 spiro atoms. The van der Waals surface area contributed by atoms with Crippen LogP contribution in [0.1, 0.15) is 16.8 Å². The quantitative estimate of drug-likeness (QED) is 0.480. The second kappa shape index (κ2) is 4.39. The Morgan fingerprint density at radius 2 is 1.60 bits per heavy atom. The van der Waals surface area contributed by atoms with Gasteiger partial charge in [0.05, 0.1) is 5.56 Å². The summed E-state index contributed by atoms with van der Waals surface area (Å²) in [5.74, 6) is -7.64. The summed E-state index contributed by atoms with van der Waals surface area (Å²) in [7, 11) is 0. The minimum Gasteiger partial charge on any atom is -0.330 e. The van der Waals surface area contributed by atoms with Crippen LogP contribution in [0.25, 0.3) is 0 Å². The minimum atomic E-state index is -1.69. The van der Waals surface area contributed by atoms with Gasteiger partial charge >= 0.3 is 0 Å².